The molecule has 1 aliphatic heterocycles. The molecule has 2 N–H and O–H groups in total. The van der Waals surface area contributed by atoms with Crippen LogP contribution >= 0.6 is 27.5 Å². The van der Waals surface area contributed by atoms with E-state index in [9.17, 15) is 0 Å². The third-order valence-corrected chi connectivity index (χ3v) is 2.67. The second-order valence-electron chi connectivity index (χ2n) is 3.86. The molecular weight excluding hydrogens is 302 g/mol. The lowest BCUT2D eigenvalue weighted by Gasteiger charge is -2.38. The smallest absolute Gasteiger partial charge is 0.0883 e. The predicted octanol–water partition coefficient (Wildman–Crippen LogP) is 3.90. The van der Waals surface area contributed by atoms with Crippen LogP contribution in [0.4, 0.5) is 0 Å². The molecule has 0 aromatic heterocycles. The molecule has 1 fully saturated rings. The maximum atomic E-state index is 6.03. The van der Waals surface area contributed by atoms with Gasteiger partial charge in [0.2, 0.25) is 0 Å². The number of hydrogen-bond acceptors (Lipinski definition) is 2. The van der Waals surface area contributed by atoms with E-state index in [1.54, 1.807) is 0 Å². The first-order valence-corrected chi connectivity index (χ1v) is 7.17. The zero-order valence-electron chi connectivity index (χ0n) is 10.7. The number of alkyl halides is 1. The van der Waals surface area contributed by atoms with Gasteiger partial charge in [-0.15, -0.1) is 11.6 Å². The summed E-state index contributed by atoms with van der Waals surface area (Å²) in [5.41, 5.74) is 6.95. The van der Waals surface area contributed by atoms with Crippen LogP contribution in [-0.2, 0) is 10.3 Å². The van der Waals surface area contributed by atoms with E-state index in [0.29, 0.717) is 13.2 Å². The molecule has 0 aliphatic carbocycles. The number of nitrogens with two attached hydrogens (primary N) is 1. The van der Waals surface area contributed by atoms with Crippen molar-refractivity contribution in [3.63, 3.8) is 0 Å². The Morgan fingerprint density at radius 2 is 1.65 bits per heavy atom. The van der Waals surface area contributed by atoms with Crippen molar-refractivity contribution in [2.45, 2.75) is 25.8 Å². The van der Waals surface area contributed by atoms with Crippen molar-refractivity contribution in [3.8, 4) is 0 Å². The van der Waals surface area contributed by atoms with Crippen LogP contribution < -0.4 is 5.73 Å². The molecule has 1 aliphatic rings. The minimum atomic E-state index is -0.235. The summed E-state index contributed by atoms with van der Waals surface area (Å²) in [6.07, 6.45) is 2.72. The summed E-state index contributed by atoms with van der Waals surface area (Å²) in [4.78, 5) is 0. The predicted molar refractivity (Wildman–Crippen MR) is 78.6 cm³/mol. The zero-order chi connectivity index (χ0) is 13.3. The summed E-state index contributed by atoms with van der Waals surface area (Å²) in [6.45, 7) is 5.52. The first-order valence-electron chi connectivity index (χ1n) is 5.63. The highest BCUT2D eigenvalue weighted by molar-refractivity contribution is 9.10. The van der Waals surface area contributed by atoms with Gasteiger partial charge in [-0.1, -0.05) is 48.3 Å². The molecule has 4 heteroatoms. The van der Waals surface area contributed by atoms with Gasteiger partial charge in [0.25, 0.3) is 0 Å². The Hall–Kier alpha value is -0.0900. The van der Waals surface area contributed by atoms with E-state index in [0.717, 1.165) is 10.0 Å². The van der Waals surface area contributed by atoms with Crippen LogP contribution in [0.3, 0.4) is 0 Å². The third kappa shape index (κ3) is 5.38. The highest BCUT2D eigenvalue weighted by atomic mass is 79.9. The summed E-state index contributed by atoms with van der Waals surface area (Å²) in [6, 6.07) is 8.07. The van der Waals surface area contributed by atoms with Crippen LogP contribution in [-0.4, -0.2) is 19.6 Å². The van der Waals surface area contributed by atoms with Crippen molar-refractivity contribution in [1.82, 2.24) is 0 Å². The van der Waals surface area contributed by atoms with Gasteiger partial charge in [0, 0.05) is 10.9 Å². The van der Waals surface area contributed by atoms with Gasteiger partial charge >= 0.3 is 0 Å². The molecule has 1 heterocycles. The molecule has 17 heavy (non-hydrogen) atoms. The molecule has 1 saturated heterocycles. The largest absolute Gasteiger partial charge is 0.377 e. The molecule has 0 amide bonds. The van der Waals surface area contributed by atoms with Gasteiger partial charge in [-0.2, -0.15) is 0 Å². The first-order chi connectivity index (χ1) is 8.12. The van der Waals surface area contributed by atoms with Crippen molar-refractivity contribution >= 4 is 27.5 Å². The third-order valence-electron chi connectivity index (χ3n) is 2.14. The van der Waals surface area contributed by atoms with Gasteiger partial charge in [0.1, 0.15) is 0 Å². The van der Waals surface area contributed by atoms with E-state index in [4.69, 9.17) is 10.5 Å². The van der Waals surface area contributed by atoms with E-state index < -0.39 is 0 Å². The van der Waals surface area contributed by atoms with Gasteiger partial charge in [-0.25, -0.2) is 0 Å². The standard InChI is InChI=1S/C9H10BrNO.C3H8.CH3Cl/c10-8-3-1-7(2-4-8)9(11)5-12-6-9;1-3-2;1-2/h1-4H,5-6,11H2;3H2,1-2H3;1H3. The van der Waals surface area contributed by atoms with E-state index in [-0.39, 0.29) is 5.54 Å². The lowest BCUT2D eigenvalue weighted by molar-refractivity contribution is -0.0569. The molecular formula is C13H21BrClNO. The van der Waals surface area contributed by atoms with Crippen LogP contribution in [0.15, 0.2) is 28.7 Å². The molecule has 1 aromatic rings. The number of rotatable bonds is 1. The Morgan fingerprint density at radius 1 is 1.24 bits per heavy atom. The molecule has 2 rings (SSSR count). The molecule has 1 aromatic carbocycles. The summed E-state index contributed by atoms with van der Waals surface area (Å²) in [5, 5.41) is 0. The Labute approximate surface area is 118 Å². The molecule has 0 saturated carbocycles. The highest BCUT2D eigenvalue weighted by Gasteiger charge is 2.35. The normalized spacial score (nSPS) is 15.6. The monoisotopic (exact) mass is 321 g/mol. The Kier molecular flexibility index (Phi) is 8.88. The Morgan fingerprint density at radius 3 is 1.94 bits per heavy atom. The van der Waals surface area contributed by atoms with E-state index in [1.165, 1.54) is 12.8 Å². The fraction of sp³-hybridized carbons (Fsp3) is 0.538. The number of benzene rings is 1. The van der Waals surface area contributed by atoms with E-state index in [1.807, 2.05) is 24.3 Å². The lowest BCUT2D eigenvalue weighted by Crippen LogP contribution is -2.54. The van der Waals surface area contributed by atoms with Gasteiger partial charge < -0.3 is 10.5 Å². The topological polar surface area (TPSA) is 35.2 Å². The fourth-order valence-corrected chi connectivity index (χ4v) is 1.53. The van der Waals surface area contributed by atoms with Gasteiger partial charge in [-0.05, 0) is 17.7 Å². The number of hydrogen-bond donors (Lipinski definition) is 1. The van der Waals surface area contributed by atoms with E-state index >= 15 is 0 Å². The number of halogens is 2. The SMILES string of the molecule is CCC.CCl.NC1(c2ccc(Br)cc2)COC1. The van der Waals surface area contributed by atoms with Crippen molar-refractivity contribution in [2.75, 3.05) is 19.6 Å². The highest BCUT2D eigenvalue weighted by Crippen LogP contribution is 2.27. The van der Waals surface area contributed by atoms with Gasteiger partial charge in [-0.3, -0.25) is 0 Å². The average Bonchev–Trinajstić information content (AvgIpc) is 2.31. The maximum Gasteiger partial charge on any atom is 0.0883 e. The van der Waals surface area contributed by atoms with Crippen LogP contribution in [0.25, 0.3) is 0 Å². The van der Waals surface area contributed by atoms with Crippen molar-refractivity contribution in [2.24, 2.45) is 5.73 Å². The molecule has 0 atom stereocenters. The van der Waals surface area contributed by atoms with Crippen LogP contribution in [0.1, 0.15) is 25.8 Å². The van der Waals surface area contributed by atoms with Crippen molar-refractivity contribution < 1.29 is 4.74 Å². The summed E-state index contributed by atoms with van der Waals surface area (Å²) < 4.78 is 6.16. The quantitative estimate of drug-likeness (QED) is 0.796. The van der Waals surface area contributed by atoms with Gasteiger partial charge in [0.05, 0.1) is 18.8 Å². The van der Waals surface area contributed by atoms with Crippen LogP contribution in [0.2, 0.25) is 0 Å². The van der Waals surface area contributed by atoms with Crippen molar-refractivity contribution in [1.29, 1.82) is 0 Å². The Balaban J connectivity index is 0.000000450. The molecule has 98 valence electrons. The second kappa shape index (κ2) is 8.92. The minimum absolute atomic E-state index is 0.235. The maximum absolute atomic E-state index is 6.03. The molecule has 0 spiro atoms. The molecule has 0 unspecified atom stereocenters. The first kappa shape index (κ1) is 16.9. The summed E-state index contributed by atoms with van der Waals surface area (Å²) in [5.74, 6) is 0. The van der Waals surface area contributed by atoms with E-state index in [2.05, 4.69) is 41.4 Å². The molecule has 0 radical (unpaired) electrons. The van der Waals surface area contributed by atoms with Crippen LogP contribution in [0.5, 0.6) is 0 Å². The minimum Gasteiger partial charge on any atom is -0.377 e. The summed E-state index contributed by atoms with van der Waals surface area (Å²) in [7, 11) is 0. The number of ether oxygens (including phenoxy) is 1. The average molecular weight is 323 g/mol. The van der Waals surface area contributed by atoms with Crippen molar-refractivity contribution in [3.05, 3.63) is 34.3 Å². The Bertz CT molecular complexity index is 299. The fourth-order valence-electron chi connectivity index (χ4n) is 1.27. The molecule has 0 bridgehead atoms. The molecule has 2 nitrogen and oxygen atoms in total. The van der Waals surface area contributed by atoms with Gasteiger partial charge in [0.15, 0.2) is 0 Å². The second-order valence-corrected chi connectivity index (χ2v) is 4.78. The summed E-state index contributed by atoms with van der Waals surface area (Å²) >= 11 is 8.02. The lowest BCUT2D eigenvalue weighted by atomic mass is 9.89. The zero-order valence-corrected chi connectivity index (χ0v) is 13.0. The van der Waals surface area contributed by atoms with Crippen LogP contribution in [0, 0.1) is 0 Å².